The van der Waals surface area contributed by atoms with Crippen LogP contribution in [0.15, 0.2) is 0 Å². The number of fused-ring (bicyclic) bond motifs is 1. The van der Waals surface area contributed by atoms with Crippen LogP contribution in [-0.2, 0) is 9.47 Å². The molecule has 2 fully saturated rings. The predicted octanol–water partition coefficient (Wildman–Crippen LogP) is 2.60. The summed E-state index contributed by atoms with van der Waals surface area (Å²) < 4.78 is 9.66. The van der Waals surface area contributed by atoms with E-state index in [2.05, 4.69) is 0 Å². The largest absolute Gasteiger partial charge is 0.512 e. The molecule has 1 saturated heterocycles. The smallest absolute Gasteiger partial charge is 0.406 e. The lowest BCUT2D eigenvalue weighted by Crippen LogP contribution is -2.45. The summed E-state index contributed by atoms with van der Waals surface area (Å²) in [5.74, 6) is 0. The van der Waals surface area contributed by atoms with Crippen molar-refractivity contribution in [3.63, 3.8) is 0 Å². The molecule has 0 radical (unpaired) electrons. The molecule has 1 heterocycles. The zero-order chi connectivity index (χ0) is 8.82. The Morgan fingerprint density at radius 2 is 1.50 bits per heavy atom. The fourth-order valence-corrected chi connectivity index (χ4v) is 2.28. The van der Waals surface area contributed by atoms with Crippen molar-refractivity contribution in [2.24, 2.45) is 0 Å². The SMILES string of the molecule is O=C1O[C@]2(Cl)CCCC[C@@]2(Cl)O1. The standard InChI is InChI=1S/C7H8Cl2O3/c8-6-3-1-2-4-7(6,9)12-5(10)11-6/h1-4H2/t6-,7-/m1/s1. The minimum atomic E-state index is -1.14. The van der Waals surface area contributed by atoms with Gasteiger partial charge in [-0.2, -0.15) is 0 Å². The molecule has 0 aromatic heterocycles. The van der Waals surface area contributed by atoms with Crippen LogP contribution in [-0.4, -0.2) is 16.3 Å². The van der Waals surface area contributed by atoms with Crippen LogP contribution >= 0.6 is 23.2 Å². The van der Waals surface area contributed by atoms with Crippen LogP contribution < -0.4 is 0 Å². The first kappa shape index (κ1) is 8.45. The van der Waals surface area contributed by atoms with E-state index in [1.165, 1.54) is 0 Å². The molecular weight excluding hydrogens is 203 g/mol. The van der Waals surface area contributed by atoms with Crippen molar-refractivity contribution in [1.29, 1.82) is 0 Å². The summed E-state index contributed by atoms with van der Waals surface area (Å²) >= 11 is 12.0. The van der Waals surface area contributed by atoms with E-state index in [0.717, 1.165) is 12.8 Å². The number of ether oxygens (including phenoxy) is 2. The minimum Gasteiger partial charge on any atom is -0.406 e. The van der Waals surface area contributed by atoms with E-state index in [9.17, 15) is 4.79 Å². The summed E-state index contributed by atoms with van der Waals surface area (Å²) in [5, 5.41) is -2.27. The molecule has 1 aliphatic heterocycles. The molecule has 1 aliphatic carbocycles. The van der Waals surface area contributed by atoms with Gasteiger partial charge in [-0.05, 0) is 12.8 Å². The third-order valence-corrected chi connectivity index (χ3v) is 3.53. The first-order valence-electron chi connectivity index (χ1n) is 3.86. The van der Waals surface area contributed by atoms with Crippen LogP contribution in [0.5, 0.6) is 0 Å². The molecule has 0 N–H and O–H groups in total. The van der Waals surface area contributed by atoms with Crippen LogP contribution in [0, 0.1) is 0 Å². The average molecular weight is 211 g/mol. The Balaban J connectivity index is 2.30. The Bertz CT molecular complexity index is 211. The van der Waals surface area contributed by atoms with Gasteiger partial charge in [0.15, 0.2) is 0 Å². The van der Waals surface area contributed by atoms with E-state index in [1.807, 2.05) is 0 Å². The zero-order valence-corrected chi connectivity index (χ0v) is 7.82. The number of alkyl halides is 2. The summed E-state index contributed by atoms with van der Waals surface area (Å²) in [6.45, 7) is 0. The van der Waals surface area contributed by atoms with Crippen molar-refractivity contribution in [2.75, 3.05) is 0 Å². The molecule has 0 aromatic rings. The normalized spacial score (nSPS) is 46.3. The van der Waals surface area contributed by atoms with E-state index < -0.39 is 16.3 Å². The van der Waals surface area contributed by atoms with E-state index in [1.54, 1.807) is 0 Å². The fraction of sp³-hybridized carbons (Fsp3) is 0.857. The maximum absolute atomic E-state index is 10.8. The van der Waals surface area contributed by atoms with E-state index in [0.29, 0.717) is 12.8 Å². The van der Waals surface area contributed by atoms with Crippen molar-refractivity contribution in [3.8, 4) is 0 Å². The fourth-order valence-electron chi connectivity index (χ4n) is 1.62. The average Bonchev–Trinajstić information content (AvgIpc) is 2.18. The third-order valence-electron chi connectivity index (χ3n) is 2.29. The van der Waals surface area contributed by atoms with Gasteiger partial charge in [0, 0.05) is 12.8 Å². The Kier molecular flexibility index (Phi) is 1.70. The molecule has 68 valence electrons. The molecule has 5 heteroatoms. The highest BCUT2D eigenvalue weighted by molar-refractivity contribution is 6.34. The number of halogens is 2. The monoisotopic (exact) mass is 210 g/mol. The topological polar surface area (TPSA) is 35.5 Å². The van der Waals surface area contributed by atoms with Gasteiger partial charge in [-0.25, -0.2) is 4.79 Å². The van der Waals surface area contributed by atoms with Gasteiger partial charge in [0.05, 0.1) is 0 Å². The van der Waals surface area contributed by atoms with Gasteiger partial charge in [0.1, 0.15) is 0 Å². The molecule has 0 spiro atoms. The highest BCUT2D eigenvalue weighted by Gasteiger charge is 2.62. The van der Waals surface area contributed by atoms with Gasteiger partial charge in [-0.1, -0.05) is 23.2 Å². The van der Waals surface area contributed by atoms with Crippen LogP contribution in [0.4, 0.5) is 4.79 Å². The van der Waals surface area contributed by atoms with Crippen LogP contribution in [0.2, 0.25) is 0 Å². The molecular formula is C7H8Cl2O3. The zero-order valence-electron chi connectivity index (χ0n) is 6.31. The lowest BCUT2D eigenvalue weighted by molar-refractivity contribution is 0.0411. The van der Waals surface area contributed by atoms with E-state index >= 15 is 0 Å². The minimum absolute atomic E-state index is 0.559. The first-order chi connectivity index (χ1) is 5.56. The Labute approximate surface area is 79.9 Å². The highest BCUT2D eigenvalue weighted by atomic mass is 35.5. The molecule has 0 bridgehead atoms. The summed E-state index contributed by atoms with van der Waals surface area (Å²) in [6, 6.07) is 0. The third kappa shape index (κ3) is 0.995. The molecule has 2 rings (SSSR count). The van der Waals surface area contributed by atoms with E-state index in [4.69, 9.17) is 32.7 Å². The summed E-state index contributed by atoms with van der Waals surface area (Å²) in [7, 11) is 0. The van der Waals surface area contributed by atoms with Gasteiger partial charge < -0.3 is 9.47 Å². The lowest BCUT2D eigenvalue weighted by Gasteiger charge is -2.34. The Hall–Kier alpha value is -0.150. The number of carbonyl (C=O) groups is 1. The molecule has 0 aromatic carbocycles. The summed E-state index contributed by atoms with van der Waals surface area (Å²) in [4.78, 5) is 10.8. The maximum atomic E-state index is 10.8. The maximum Gasteiger partial charge on any atom is 0.512 e. The number of hydrogen-bond donors (Lipinski definition) is 0. The number of hydrogen-bond acceptors (Lipinski definition) is 3. The number of carbonyl (C=O) groups excluding carboxylic acids is 1. The Morgan fingerprint density at radius 3 is 1.92 bits per heavy atom. The molecule has 1 saturated carbocycles. The van der Waals surface area contributed by atoms with Gasteiger partial charge in [0.2, 0.25) is 10.1 Å². The van der Waals surface area contributed by atoms with Crippen molar-refractivity contribution in [3.05, 3.63) is 0 Å². The van der Waals surface area contributed by atoms with Crippen molar-refractivity contribution < 1.29 is 14.3 Å². The molecule has 0 unspecified atom stereocenters. The molecule has 12 heavy (non-hydrogen) atoms. The highest BCUT2D eigenvalue weighted by Crippen LogP contribution is 2.52. The lowest BCUT2D eigenvalue weighted by atomic mass is 9.94. The van der Waals surface area contributed by atoms with Gasteiger partial charge in [-0.15, -0.1) is 0 Å². The van der Waals surface area contributed by atoms with Gasteiger partial charge in [-0.3, -0.25) is 0 Å². The van der Waals surface area contributed by atoms with Gasteiger partial charge in [0.25, 0.3) is 0 Å². The van der Waals surface area contributed by atoms with Crippen LogP contribution in [0.1, 0.15) is 25.7 Å². The summed E-state index contributed by atoms with van der Waals surface area (Å²) in [5.41, 5.74) is 0. The van der Waals surface area contributed by atoms with Crippen molar-refractivity contribution in [2.45, 2.75) is 35.8 Å². The second-order valence-corrected chi connectivity index (χ2v) is 4.34. The second kappa shape index (κ2) is 2.42. The molecule has 2 aliphatic rings. The second-order valence-electron chi connectivity index (χ2n) is 3.12. The van der Waals surface area contributed by atoms with Crippen LogP contribution in [0.3, 0.4) is 0 Å². The van der Waals surface area contributed by atoms with Gasteiger partial charge >= 0.3 is 6.16 Å². The molecule has 0 amide bonds. The molecule has 3 nitrogen and oxygen atoms in total. The molecule has 2 atom stereocenters. The number of rotatable bonds is 0. The van der Waals surface area contributed by atoms with Crippen molar-refractivity contribution in [1.82, 2.24) is 0 Å². The van der Waals surface area contributed by atoms with E-state index in [-0.39, 0.29) is 0 Å². The predicted molar refractivity (Wildman–Crippen MR) is 43.2 cm³/mol. The Morgan fingerprint density at radius 1 is 1.08 bits per heavy atom. The first-order valence-corrected chi connectivity index (χ1v) is 4.61. The summed E-state index contributed by atoms with van der Waals surface area (Å²) in [6.07, 6.45) is 2.18. The van der Waals surface area contributed by atoms with Crippen LogP contribution in [0.25, 0.3) is 0 Å². The van der Waals surface area contributed by atoms with Crippen molar-refractivity contribution >= 4 is 29.4 Å². The quantitative estimate of drug-likeness (QED) is 0.456.